The van der Waals surface area contributed by atoms with Crippen LogP contribution in [0.5, 0.6) is 0 Å². The monoisotopic (exact) mass is 489 g/mol. The number of nitrogens with zero attached hydrogens (tertiary/aromatic N) is 2. The number of hydrogen-bond donors (Lipinski definition) is 1. The highest BCUT2D eigenvalue weighted by Gasteiger charge is 2.23. The van der Waals surface area contributed by atoms with Crippen molar-refractivity contribution >= 4 is 33.6 Å². The van der Waals surface area contributed by atoms with E-state index in [1.165, 1.54) is 43.0 Å². The minimum atomic E-state index is -3.17. The van der Waals surface area contributed by atoms with Crippen molar-refractivity contribution in [3.05, 3.63) is 64.7 Å². The van der Waals surface area contributed by atoms with E-state index >= 15 is 0 Å². The first kappa shape index (κ1) is 25.3. The summed E-state index contributed by atoms with van der Waals surface area (Å²) in [6, 6.07) is 11.2. The molecule has 0 bridgehead atoms. The zero-order valence-corrected chi connectivity index (χ0v) is 20.1. The summed E-state index contributed by atoms with van der Waals surface area (Å²) >= 11 is 0. The van der Waals surface area contributed by atoms with Crippen molar-refractivity contribution in [2.24, 2.45) is 0 Å². The molecular formula is C23H27N3O7S. The Morgan fingerprint density at radius 3 is 1.85 bits per heavy atom. The number of methoxy groups -OCH3 is 2. The molecule has 2 aromatic carbocycles. The number of carbonyl (C=O) groups is 3. The lowest BCUT2D eigenvalue weighted by Gasteiger charge is -2.33. The van der Waals surface area contributed by atoms with Gasteiger partial charge < -0.3 is 14.8 Å². The first-order valence-corrected chi connectivity index (χ1v) is 12.3. The number of sulfonamides is 1. The minimum Gasteiger partial charge on any atom is -0.465 e. The van der Waals surface area contributed by atoms with Crippen LogP contribution in [0.1, 0.15) is 36.6 Å². The third kappa shape index (κ3) is 6.40. The van der Waals surface area contributed by atoms with Crippen LogP contribution in [0, 0.1) is 0 Å². The van der Waals surface area contributed by atoms with E-state index in [4.69, 9.17) is 9.47 Å². The highest BCUT2D eigenvalue weighted by atomic mass is 32.2. The summed E-state index contributed by atoms with van der Waals surface area (Å²) in [4.78, 5) is 38.7. The molecule has 1 fully saturated rings. The van der Waals surface area contributed by atoms with Crippen molar-refractivity contribution in [3.63, 3.8) is 0 Å². The average molecular weight is 490 g/mol. The molecule has 0 saturated carbocycles. The van der Waals surface area contributed by atoms with Gasteiger partial charge in [-0.2, -0.15) is 4.31 Å². The molecule has 1 aliphatic rings. The molecule has 34 heavy (non-hydrogen) atoms. The predicted octanol–water partition coefficient (Wildman–Crippen LogP) is 1.59. The highest BCUT2D eigenvalue weighted by molar-refractivity contribution is 7.88. The SMILES string of the molecule is COC(=O)c1cc(NC(=O)c2ccc(CN3CCN(S(C)(=O)=O)CC3)cc2)cc(C(=O)OC)c1. The number of nitrogens with one attached hydrogen (secondary N) is 1. The summed E-state index contributed by atoms with van der Waals surface area (Å²) in [6.07, 6.45) is 1.22. The van der Waals surface area contributed by atoms with Gasteiger partial charge in [0.2, 0.25) is 10.0 Å². The van der Waals surface area contributed by atoms with Gasteiger partial charge in [0.25, 0.3) is 5.91 Å². The molecule has 1 N–H and O–H groups in total. The Labute approximate surface area is 198 Å². The predicted molar refractivity (Wildman–Crippen MR) is 125 cm³/mol. The summed E-state index contributed by atoms with van der Waals surface area (Å²) in [5, 5.41) is 2.69. The topological polar surface area (TPSA) is 122 Å². The number of ether oxygens (including phenoxy) is 2. The number of esters is 2. The summed E-state index contributed by atoms with van der Waals surface area (Å²) in [5.74, 6) is -1.71. The van der Waals surface area contributed by atoms with Crippen LogP contribution in [0.4, 0.5) is 5.69 Å². The second-order valence-electron chi connectivity index (χ2n) is 7.87. The Kier molecular flexibility index (Phi) is 8.02. The van der Waals surface area contributed by atoms with Crippen LogP contribution in [-0.2, 0) is 26.0 Å². The van der Waals surface area contributed by atoms with Crippen molar-refractivity contribution < 1.29 is 32.3 Å². The van der Waals surface area contributed by atoms with Gasteiger partial charge in [0.05, 0.1) is 31.6 Å². The summed E-state index contributed by atoms with van der Waals surface area (Å²) in [6.45, 7) is 2.82. The van der Waals surface area contributed by atoms with Gasteiger partial charge in [0.15, 0.2) is 0 Å². The van der Waals surface area contributed by atoms with Gasteiger partial charge in [0.1, 0.15) is 0 Å². The molecule has 0 spiro atoms. The quantitative estimate of drug-likeness (QED) is 0.582. The van der Waals surface area contributed by atoms with E-state index in [-0.39, 0.29) is 16.8 Å². The Balaban J connectivity index is 1.66. The van der Waals surface area contributed by atoms with Gasteiger partial charge in [-0.25, -0.2) is 18.0 Å². The van der Waals surface area contributed by atoms with Crippen molar-refractivity contribution in [3.8, 4) is 0 Å². The molecule has 0 unspecified atom stereocenters. The number of anilines is 1. The van der Waals surface area contributed by atoms with Crippen LogP contribution >= 0.6 is 0 Å². The molecule has 1 aliphatic heterocycles. The highest BCUT2D eigenvalue weighted by Crippen LogP contribution is 2.19. The van der Waals surface area contributed by atoms with Crippen molar-refractivity contribution in [2.75, 3.05) is 52.0 Å². The molecule has 0 atom stereocenters. The summed E-state index contributed by atoms with van der Waals surface area (Å²) in [5.41, 5.74) is 1.85. The Morgan fingerprint density at radius 1 is 0.853 bits per heavy atom. The molecular weight excluding hydrogens is 462 g/mol. The summed E-state index contributed by atoms with van der Waals surface area (Å²) < 4.78 is 34.2. The van der Waals surface area contributed by atoms with Crippen LogP contribution in [-0.4, -0.2) is 82.1 Å². The van der Waals surface area contributed by atoms with Gasteiger partial charge in [-0.1, -0.05) is 12.1 Å². The molecule has 1 saturated heterocycles. The van der Waals surface area contributed by atoms with Crippen molar-refractivity contribution in [1.82, 2.24) is 9.21 Å². The Hall–Kier alpha value is -3.28. The number of piperazine rings is 1. The van der Waals surface area contributed by atoms with Gasteiger partial charge in [-0.3, -0.25) is 9.69 Å². The third-order valence-corrected chi connectivity index (χ3v) is 6.76. The van der Waals surface area contributed by atoms with E-state index in [2.05, 4.69) is 10.2 Å². The molecule has 10 nitrogen and oxygen atoms in total. The van der Waals surface area contributed by atoms with E-state index < -0.39 is 27.9 Å². The van der Waals surface area contributed by atoms with Crippen LogP contribution < -0.4 is 5.32 Å². The second-order valence-corrected chi connectivity index (χ2v) is 9.85. The van der Waals surface area contributed by atoms with Gasteiger partial charge >= 0.3 is 11.9 Å². The number of benzene rings is 2. The Bertz CT molecular complexity index is 1140. The van der Waals surface area contributed by atoms with Gasteiger partial charge in [0, 0.05) is 44.0 Å². The van der Waals surface area contributed by atoms with Crippen molar-refractivity contribution in [2.45, 2.75) is 6.54 Å². The first-order valence-electron chi connectivity index (χ1n) is 10.5. The number of amides is 1. The fourth-order valence-corrected chi connectivity index (χ4v) is 4.44. The lowest BCUT2D eigenvalue weighted by atomic mass is 10.1. The number of hydrogen-bond acceptors (Lipinski definition) is 8. The van der Waals surface area contributed by atoms with E-state index in [1.807, 2.05) is 12.1 Å². The van der Waals surface area contributed by atoms with Crippen LogP contribution in [0.25, 0.3) is 0 Å². The molecule has 2 aromatic rings. The second kappa shape index (κ2) is 10.8. The molecule has 0 radical (unpaired) electrons. The van der Waals surface area contributed by atoms with E-state index in [0.717, 1.165) is 5.56 Å². The number of carbonyl (C=O) groups excluding carboxylic acids is 3. The van der Waals surface area contributed by atoms with Crippen LogP contribution in [0.15, 0.2) is 42.5 Å². The molecule has 182 valence electrons. The van der Waals surface area contributed by atoms with Gasteiger partial charge in [-0.05, 0) is 35.9 Å². The average Bonchev–Trinajstić information content (AvgIpc) is 2.83. The zero-order valence-electron chi connectivity index (χ0n) is 19.2. The van der Waals surface area contributed by atoms with E-state index in [1.54, 1.807) is 12.1 Å². The number of rotatable bonds is 7. The van der Waals surface area contributed by atoms with Crippen LogP contribution in [0.2, 0.25) is 0 Å². The largest absolute Gasteiger partial charge is 0.465 e. The minimum absolute atomic E-state index is 0.104. The molecule has 3 rings (SSSR count). The maximum absolute atomic E-state index is 12.7. The fraction of sp³-hybridized carbons (Fsp3) is 0.348. The fourth-order valence-electron chi connectivity index (χ4n) is 3.61. The maximum Gasteiger partial charge on any atom is 0.337 e. The van der Waals surface area contributed by atoms with E-state index in [9.17, 15) is 22.8 Å². The van der Waals surface area contributed by atoms with Gasteiger partial charge in [-0.15, -0.1) is 0 Å². The first-order chi connectivity index (χ1) is 16.1. The lowest BCUT2D eigenvalue weighted by molar-refractivity contribution is 0.0598. The molecule has 0 aliphatic carbocycles. The van der Waals surface area contributed by atoms with E-state index in [0.29, 0.717) is 38.3 Å². The Morgan fingerprint density at radius 2 is 1.38 bits per heavy atom. The third-order valence-electron chi connectivity index (χ3n) is 5.46. The lowest BCUT2D eigenvalue weighted by Crippen LogP contribution is -2.47. The standard InChI is InChI=1S/C23H27N3O7S/c1-32-22(28)18-12-19(23(29)33-2)14-20(13-18)24-21(27)17-6-4-16(5-7-17)15-25-8-10-26(11-9-25)34(3,30)31/h4-7,12-14H,8-11,15H2,1-3H3,(H,24,27). The molecule has 1 amide bonds. The zero-order chi connectivity index (χ0) is 24.9. The summed E-state index contributed by atoms with van der Waals surface area (Å²) in [7, 11) is -0.729. The maximum atomic E-state index is 12.7. The molecule has 0 aromatic heterocycles. The molecule has 11 heteroatoms. The van der Waals surface area contributed by atoms with Crippen molar-refractivity contribution in [1.29, 1.82) is 0 Å². The molecule has 1 heterocycles. The van der Waals surface area contributed by atoms with Crippen LogP contribution in [0.3, 0.4) is 0 Å². The smallest absolute Gasteiger partial charge is 0.337 e. The normalized spacial score (nSPS) is 14.9.